The Morgan fingerprint density at radius 2 is 1.86 bits per heavy atom. The molecule has 0 aliphatic rings. The maximum absolute atomic E-state index is 13.2. The number of aryl methyl sites for hydroxylation is 2. The fourth-order valence-electron chi connectivity index (χ4n) is 1.95. The molecule has 2 aromatic rings. The summed E-state index contributed by atoms with van der Waals surface area (Å²) in [4.78, 5) is 25.5. The number of halogens is 1. The number of benzene rings is 1. The van der Waals surface area contributed by atoms with Gasteiger partial charge >= 0.3 is 12.0 Å². The van der Waals surface area contributed by atoms with Crippen molar-refractivity contribution >= 4 is 23.4 Å². The van der Waals surface area contributed by atoms with Crippen LogP contribution in [0.15, 0.2) is 24.3 Å². The molecule has 1 heterocycles. The molecule has 0 radical (unpaired) electrons. The average Bonchev–Trinajstić information content (AvgIpc) is 2.68. The highest BCUT2D eigenvalue weighted by molar-refractivity contribution is 6.04. The minimum Gasteiger partial charge on any atom is -0.477 e. The third-order valence-corrected chi connectivity index (χ3v) is 2.71. The minimum atomic E-state index is -1.18. The summed E-state index contributed by atoms with van der Waals surface area (Å²) >= 11 is 0. The second-order valence-electron chi connectivity index (χ2n) is 4.64. The maximum atomic E-state index is 13.2. The Hall–Kier alpha value is -2.83. The van der Waals surface area contributed by atoms with Gasteiger partial charge in [0, 0.05) is 11.4 Å². The molecular weight excluding hydrogens is 277 g/mol. The normalized spacial score (nSPS) is 10.2. The van der Waals surface area contributed by atoms with Gasteiger partial charge in [-0.3, -0.25) is 0 Å². The third kappa shape index (κ3) is 3.59. The van der Waals surface area contributed by atoms with Crippen LogP contribution in [-0.2, 0) is 0 Å². The van der Waals surface area contributed by atoms with Gasteiger partial charge in [0.1, 0.15) is 11.5 Å². The Morgan fingerprint density at radius 1 is 1.14 bits per heavy atom. The highest BCUT2D eigenvalue weighted by Crippen LogP contribution is 2.18. The number of hydrogen-bond acceptors (Lipinski definition) is 2. The molecule has 0 aliphatic heterocycles. The number of carbonyl (C=O) groups excluding carboxylic acids is 1. The lowest BCUT2D eigenvalue weighted by molar-refractivity contribution is 0.0692. The molecule has 1 aromatic carbocycles. The summed E-state index contributed by atoms with van der Waals surface area (Å²) in [5.41, 5.74) is 1.58. The van der Waals surface area contributed by atoms with E-state index in [1.807, 2.05) is 0 Å². The van der Waals surface area contributed by atoms with E-state index in [0.717, 1.165) is 0 Å². The molecule has 0 saturated heterocycles. The number of urea groups is 1. The number of carbonyl (C=O) groups is 2. The van der Waals surface area contributed by atoms with Gasteiger partial charge in [0.25, 0.3) is 0 Å². The number of rotatable bonds is 3. The molecular formula is C14H14FN3O3. The Bertz CT molecular complexity index is 689. The van der Waals surface area contributed by atoms with Gasteiger partial charge in [0.2, 0.25) is 0 Å². The first-order valence-electron chi connectivity index (χ1n) is 6.13. The van der Waals surface area contributed by atoms with Gasteiger partial charge in [-0.25, -0.2) is 14.0 Å². The van der Waals surface area contributed by atoms with Gasteiger partial charge in [-0.2, -0.15) is 0 Å². The molecule has 7 heteroatoms. The first kappa shape index (κ1) is 14.6. The first-order chi connectivity index (χ1) is 9.85. The average molecular weight is 291 g/mol. The SMILES string of the molecule is Cc1cc(F)cc(NC(=O)Nc2cc(C)[nH]c2C(=O)O)c1. The standard InChI is InChI=1S/C14H14FN3O3/c1-7-3-9(15)6-10(4-7)17-14(21)18-11-5-8(2)16-12(11)13(19)20/h3-6,16H,1-2H3,(H,19,20)(H2,17,18,21). The van der Waals surface area contributed by atoms with Crippen LogP contribution in [0.5, 0.6) is 0 Å². The van der Waals surface area contributed by atoms with Crippen molar-refractivity contribution in [2.75, 3.05) is 10.6 Å². The van der Waals surface area contributed by atoms with Gasteiger partial charge in [-0.1, -0.05) is 0 Å². The van der Waals surface area contributed by atoms with Gasteiger partial charge < -0.3 is 20.7 Å². The van der Waals surface area contributed by atoms with Crippen LogP contribution in [0.2, 0.25) is 0 Å². The molecule has 4 N–H and O–H groups in total. The summed E-state index contributed by atoms with van der Waals surface area (Å²) in [6.45, 7) is 3.37. The predicted molar refractivity (Wildman–Crippen MR) is 76.3 cm³/mol. The van der Waals surface area contributed by atoms with E-state index in [1.54, 1.807) is 19.9 Å². The summed E-state index contributed by atoms with van der Waals surface area (Å²) in [6, 6.07) is 4.96. The number of H-pyrrole nitrogens is 1. The molecule has 6 nitrogen and oxygen atoms in total. The van der Waals surface area contributed by atoms with Crippen molar-refractivity contribution in [1.82, 2.24) is 4.98 Å². The Balaban J connectivity index is 2.13. The summed E-state index contributed by atoms with van der Waals surface area (Å²) in [5, 5.41) is 13.9. The van der Waals surface area contributed by atoms with E-state index >= 15 is 0 Å². The topological polar surface area (TPSA) is 94.2 Å². The number of anilines is 2. The first-order valence-corrected chi connectivity index (χ1v) is 6.13. The lowest BCUT2D eigenvalue weighted by atomic mass is 10.2. The molecule has 21 heavy (non-hydrogen) atoms. The van der Waals surface area contributed by atoms with E-state index in [1.165, 1.54) is 18.2 Å². The molecule has 0 spiro atoms. The van der Waals surface area contributed by atoms with E-state index in [4.69, 9.17) is 5.11 Å². The summed E-state index contributed by atoms with van der Waals surface area (Å²) in [5.74, 6) is -1.64. The second kappa shape index (κ2) is 5.66. The van der Waals surface area contributed by atoms with Crippen LogP contribution in [-0.4, -0.2) is 22.1 Å². The molecule has 0 atom stereocenters. The zero-order valence-corrected chi connectivity index (χ0v) is 11.5. The number of amides is 2. The number of hydrogen-bond donors (Lipinski definition) is 4. The summed E-state index contributed by atoms with van der Waals surface area (Å²) in [7, 11) is 0. The number of carboxylic acid groups (broad SMARTS) is 1. The number of aromatic nitrogens is 1. The molecule has 0 saturated carbocycles. The fourth-order valence-corrected chi connectivity index (χ4v) is 1.95. The van der Waals surface area contributed by atoms with E-state index in [-0.39, 0.29) is 17.1 Å². The van der Waals surface area contributed by atoms with Crippen LogP contribution in [0, 0.1) is 19.7 Å². The van der Waals surface area contributed by atoms with Gasteiger partial charge in [-0.05, 0) is 43.7 Å². The minimum absolute atomic E-state index is 0.113. The van der Waals surface area contributed by atoms with Crippen LogP contribution < -0.4 is 10.6 Å². The molecule has 110 valence electrons. The van der Waals surface area contributed by atoms with Crippen LogP contribution in [0.4, 0.5) is 20.6 Å². The molecule has 0 unspecified atom stereocenters. The number of aromatic carboxylic acids is 1. The maximum Gasteiger partial charge on any atom is 0.354 e. The molecule has 2 amide bonds. The van der Waals surface area contributed by atoms with Crippen LogP contribution in [0.1, 0.15) is 21.7 Å². The Morgan fingerprint density at radius 3 is 2.48 bits per heavy atom. The van der Waals surface area contributed by atoms with Crippen molar-refractivity contribution in [3.8, 4) is 0 Å². The fraction of sp³-hybridized carbons (Fsp3) is 0.143. The van der Waals surface area contributed by atoms with Crippen molar-refractivity contribution in [2.24, 2.45) is 0 Å². The van der Waals surface area contributed by atoms with Crippen LogP contribution >= 0.6 is 0 Å². The molecule has 2 rings (SSSR count). The number of nitrogens with one attached hydrogen (secondary N) is 3. The predicted octanol–water partition coefficient (Wildman–Crippen LogP) is 3.11. The van der Waals surface area contributed by atoms with E-state index in [9.17, 15) is 14.0 Å². The van der Waals surface area contributed by atoms with Gasteiger partial charge in [0.15, 0.2) is 0 Å². The highest BCUT2D eigenvalue weighted by atomic mass is 19.1. The van der Waals surface area contributed by atoms with Crippen molar-refractivity contribution in [3.05, 3.63) is 47.0 Å². The second-order valence-corrected chi connectivity index (χ2v) is 4.64. The van der Waals surface area contributed by atoms with Crippen molar-refractivity contribution < 1.29 is 19.1 Å². The summed E-state index contributed by atoms with van der Waals surface area (Å²) in [6.07, 6.45) is 0. The molecule has 0 bridgehead atoms. The van der Waals surface area contributed by atoms with Gasteiger partial charge in [0.05, 0.1) is 5.69 Å². The van der Waals surface area contributed by atoms with Crippen molar-refractivity contribution in [2.45, 2.75) is 13.8 Å². The zero-order chi connectivity index (χ0) is 15.6. The van der Waals surface area contributed by atoms with E-state index in [0.29, 0.717) is 11.3 Å². The Kier molecular flexibility index (Phi) is 3.93. The number of carboxylic acids is 1. The highest BCUT2D eigenvalue weighted by Gasteiger charge is 2.15. The smallest absolute Gasteiger partial charge is 0.354 e. The molecule has 0 fully saturated rings. The van der Waals surface area contributed by atoms with Crippen LogP contribution in [0.25, 0.3) is 0 Å². The van der Waals surface area contributed by atoms with Crippen molar-refractivity contribution in [1.29, 1.82) is 0 Å². The Labute approximate surface area is 120 Å². The van der Waals surface area contributed by atoms with Crippen LogP contribution in [0.3, 0.4) is 0 Å². The molecule has 1 aromatic heterocycles. The van der Waals surface area contributed by atoms with Gasteiger partial charge in [-0.15, -0.1) is 0 Å². The zero-order valence-electron chi connectivity index (χ0n) is 11.5. The largest absolute Gasteiger partial charge is 0.477 e. The van der Waals surface area contributed by atoms with Crippen molar-refractivity contribution in [3.63, 3.8) is 0 Å². The number of aromatic amines is 1. The molecule has 0 aliphatic carbocycles. The lowest BCUT2D eigenvalue weighted by Crippen LogP contribution is -2.20. The third-order valence-electron chi connectivity index (χ3n) is 2.71. The lowest BCUT2D eigenvalue weighted by Gasteiger charge is -2.08. The monoisotopic (exact) mass is 291 g/mol. The van der Waals surface area contributed by atoms with E-state index in [2.05, 4.69) is 15.6 Å². The quantitative estimate of drug-likeness (QED) is 0.699. The summed E-state index contributed by atoms with van der Waals surface area (Å²) < 4.78 is 13.2. The van der Waals surface area contributed by atoms with E-state index < -0.39 is 17.8 Å².